The lowest BCUT2D eigenvalue weighted by Gasteiger charge is -2.15. The Labute approximate surface area is 140 Å². The monoisotopic (exact) mass is 331 g/mol. The Balaban J connectivity index is 1.83. The molecule has 1 aromatic heterocycles. The van der Waals surface area contributed by atoms with Crippen LogP contribution < -0.4 is 20.3 Å². The van der Waals surface area contributed by atoms with Gasteiger partial charge in [0.2, 0.25) is 0 Å². The van der Waals surface area contributed by atoms with E-state index in [1.54, 1.807) is 61.1 Å². The highest BCUT2D eigenvalue weighted by molar-refractivity contribution is 5.94. The molecule has 1 aromatic carbocycles. The number of carbonyl (C=O) groups is 2. The van der Waals surface area contributed by atoms with Crippen LogP contribution in [-0.2, 0) is 11.8 Å². The highest BCUT2D eigenvalue weighted by Gasteiger charge is 2.16. The molecule has 1 atom stereocenters. The third-order valence-corrected chi connectivity index (χ3v) is 3.29. The van der Waals surface area contributed by atoms with Gasteiger partial charge in [-0.25, -0.2) is 0 Å². The van der Waals surface area contributed by atoms with Gasteiger partial charge in [0.25, 0.3) is 11.8 Å². The van der Waals surface area contributed by atoms with Crippen LogP contribution in [0.25, 0.3) is 0 Å². The van der Waals surface area contributed by atoms with Crippen LogP contribution in [0.3, 0.4) is 0 Å². The summed E-state index contributed by atoms with van der Waals surface area (Å²) in [6, 6.07) is 10.4. The van der Waals surface area contributed by atoms with Gasteiger partial charge in [-0.1, -0.05) is 0 Å². The Morgan fingerprint density at radius 3 is 2.38 bits per heavy atom. The Kier molecular flexibility index (Phi) is 5.83. The summed E-state index contributed by atoms with van der Waals surface area (Å²) in [6.07, 6.45) is 0.977. The maximum atomic E-state index is 12.0. The van der Waals surface area contributed by atoms with Gasteiger partial charge in [-0.3, -0.25) is 20.4 Å². The number of nitrogens with zero attached hydrogens (tertiary/aromatic N) is 1. The highest BCUT2D eigenvalue weighted by Crippen LogP contribution is 2.18. The maximum Gasteiger partial charge on any atom is 0.286 e. The molecular weight excluding hydrogens is 310 g/mol. The highest BCUT2D eigenvalue weighted by atomic mass is 16.5. The van der Waals surface area contributed by atoms with Crippen molar-refractivity contribution in [2.24, 2.45) is 7.05 Å². The van der Waals surface area contributed by atoms with Crippen molar-refractivity contribution in [1.82, 2.24) is 15.4 Å². The number of hydrogen-bond acceptors (Lipinski definition) is 4. The van der Waals surface area contributed by atoms with Crippen LogP contribution in [0, 0.1) is 0 Å². The van der Waals surface area contributed by atoms with Crippen LogP contribution in [0.15, 0.2) is 42.6 Å². The summed E-state index contributed by atoms with van der Waals surface area (Å²) in [5.74, 6) is 0.419. The van der Waals surface area contributed by atoms with E-state index in [0.29, 0.717) is 18.1 Å². The molecule has 0 bridgehead atoms. The van der Waals surface area contributed by atoms with Crippen molar-refractivity contribution < 1.29 is 19.1 Å². The summed E-state index contributed by atoms with van der Waals surface area (Å²) in [7, 11) is 1.74. The van der Waals surface area contributed by atoms with Crippen molar-refractivity contribution in [3.8, 4) is 11.5 Å². The Hall–Kier alpha value is -2.96. The lowest BCUT2D eigenvalue weighted by molar-refractivity contribution is -0.128. The number of benzene rings is 1. The van der Waals surface area contributed by atoms with Gasteiger partial charge < -0.3 is 14.0 Å². The Bertz CT molecular complexity index is 694. The molecule has 0 spiro atoms. The number of hydrazine groups is 1. The molecule has 0 aliphatic rings. The first kappa shape index (κ1) is 17.4. The molecule has 7 nitrogen and oxygen atoms in total. The van der Waals surface area contributed by atoms with Crippen LogP contribution in [0.4, 0.5) is 0 Å². The van der Waals surface area contributed by atoms with E-state index in [9.17, 15) is 9.59 Å². The molecule has 0 saturated carbocycles. The molecule has 0 radical (unpaired) electrons. The fourth-order valence-electron chi connectivity index (χ4n) is 2.02. The molecular formula is C17H21N3O4. The Morgan fingerprint density at radius 1 is 1.12 bits per heavy atom. The van der Waals surface area contributed by atoms with Crippen molar-refractivity contribution in [3.63, 3.8) is 0 Å². The van der Waals surface area contributed by atoms with E-state index in [0.717, 1.165) is 5.75 Å². The number of ether oxygens (including phenoxy) is 2. The largest absolute Gasteiger partial charge is 0.494 e. The number of amides is 2. The molecule has 2 aromatic rings. The number of aryl methyl sites for hydroxylation is 1. The molecule has 0 aliphatic carbocycles. The lowest BCUT2D eigenvalue weighted by atomic mass is 10.3. The topological polar surface area (TPSA) is 81.6 Å². The van der Waals surface area contributed by atoms with Gasteiger partial charge in [-0.15, -0.1) is 0 Å². The second-order valence-electron chi connectivity index (χ2n) is 5.11. The number of hydrogen-bond donors (Lipinski definition) is 2. The molecule has 1 unspecified atom stereocenters. The van der Waals surface area contributed by atoms with E-state index in [1.165, 1.54) is 0 Å². The molecule has 2 amide bonds. The molecule has 0 aliphatic heterocycles. The van der Waals surface area contributed by atoms with E-state index in [-0.39, 0.29) is 0 Å². The first-order valence-electron chi connectivity index (χ1n) is 7.62. The SMILES string of the molecule is CCOc1ccc(OC(C)C(=O)NNC(=O)c2cccn2C)cc1. The summed E-state index contributed by atoms with van der Waals surface area (Å²) in [5, 5.41) is 0. The third kappa shape index (κ3) is 4.52. The van der Waals surface area contributed by atoms with Gasteiger partial charge in [0.05, 0.1) is 6.61 Å². The van der Waals surface area contributed by atoms with E-state index in [2.05, 4.69) is 10.9 Å². The van der Waals surface area contributed by atoms with Crippen molar-refractivity contribution in [1.29, 1.82) is 0 Å². The molecule has 2 rings (SSSR count). The fraction of sp³-hybridized carbons (Fsp3) is 0.294. The zero-order valence-corrected chi connectivity index (χ0v) is 13.9. The standard InChI is InChI=1S/C17H21N3O4/c1-4-23-13-7-9-14(10-8-13)24-12(2)16(21)18-19-17(22)15-6-5-11-20(15)3/h5-12H,4H2,1-3H3,(H,18,21)(H,19,22). The second kappa shape index (κ2) is 8.05. The van der Waals surface area contributed by atoms with Crippen molar-refractivity contribution >= 4 is 11.8 Å². The molecule has 7 heteroatoms. The number of carbonyl (C=O) groups excluding carboxylic acids is 2. The van der Waals surface area contributed by atoms with Crippen LogP contribution >= 0.6 is 0 Å². The molecule has 0 saturated heterocycles. The maximum absolute atomic E-state index is 12.0. The van der Waals surface area contributed by atoms with Gasteiger partial charge in [0.1, 0.15) is 17.2 Å². The average molecular weight is 331 g/mol. The van der Waals surface area contributed by atoms with E-state index in [1.807, 2.05) is 6.92 Å². The predicted octanol–water partition coefficient (Wildman–Crippen LogP) is 1.65. The zero-order chi connectivity index (χ0) is 17.5. The van der Waals surface area contributed by atoms with Crippen molar-refractivity contribution in [2.75, 3.05) is 6.61 Å². The van der Waals surface area contributed by atoms with E-state index >= 15 is 0 Å². The van der Waals surface area contributed by atoms with Gasteiger partial charge in [0, 0.05) is 13.2 Å². The first-order valence-corrected chi connectivity index (χ1v) is 7.62. The summed E-state index contributed by atoms with van der Waals surface area (Å²) < 4.78 is 12.5. The van der Waals surface area contributed by atoms with Gasteiger partial charge >= 0.3 is 0 Å². The van der Waals surface area contributed by atoms with Gasteiger partial charge in [-0.2, -0.15) is 0 Å². The summed E-state index contributed by atoms with van der Waals surface area (Å²) in [6.45, 7) is 4.08. The fourth-order valence-corrected chi connectivity index (χ4v) is 2.02. The minimum Gasteiger partial charge on any atom is -0.494 e. The van der Waals surface area contributed by atoms with Gasteiger partial charge in [0.15, 0.2) is 6.10 Å². The zero-order valence-electron chi connectivity index (χ0n) is 13.9. The Morgan fingerprint density at radius 2 is 1.79 bits per heavy atom. The lowest BCUT2D eigenvalue weighted by Crippen LogP contribution is -2.47. The minimum absolute atomic E-state index is 0.399. The van der Waals surface area contributed by atoms with E-state index in [4.69, 9.17) is 9.47 Å². The van der Waals surface area contributed by atoms with Crippen LogP contribution in [0.5, 0.6) is 11.5 Å². The van der Waals surface area contributed by atoms with Gasteiger partial charge in [-0.05, 0) is 50.2 Å². The molecule has 1 heterocycles. The molecule has 24 heavy (non-hydrogen) atoms. The normalized spacial score (nSPS) is 11.5. The third-order valence-electron chi connectivity index (χ3n) is 3.29. The summed E-state index contributed by atoms with van der Waals surface area (Å²) in [4.78, 5) is 23.9. The predicted molar refractivity (Wildman–Crippen MR) is 88.7 cm³/mol. The number of aromatic nitrogens is 1. The van der Waals surface area contributed by atoms with E-state index < -0.39 is 17.9 Å². The quantitative estimate of drug-likeness (QED) is 0.789. The number of rotatable bonds is 6. The molecule has 2 N–H and O–H groups in total. The average Bonchev–Trinajstić information content (AvgIpc) is 3.00. The molecule has 128 valence electrons. The number of nitrogens with one attached hydrogen (secondary N) is 2. The van der Waals surface area contributed by atoms with Crippen LogP contribution in [0.1, 0.15) is 24.3 Å². The summed E-state index contributed by atoms with van der Waals surface area (Å²) >= 11 is 0. The van der Waals surface area contributed by atoms with Crippen molar-refractivity contribution in [3.05, 3.63) is 48.3 Å². The second-order valence-corrected chi connectivity index (χ2v) is 5.11. The minimum atomic E-state index is -0.767. The van der Waals surface area contributed by atoms with Crippen molar-refractivity contribution in [2.45, 2.75) is 20.0 Å². The summed E-state index contributed by atoms with van der Waals surface area (Å²) in [5.41, 5.74) is 5.15. The first-order chi connectivity index (χ1) is 11.5. The van der Waals surface area contributed by atoms with Crippen LogP contribution in [-0.4, -0.2) is 29.1 Å². The van der Waals surface area contributed by atoms with Crippen LogP contribution in [0.2, 0.25) is 0 Å². The molecule has 0 fully saturated rings. The smallest absolute Gasteiger partial charge is 0.286 e.